The number of fused-ring (bicyclic) bond motifs is 3. The molecule has 1 aromatic carbocycles. The van der Waals surface area contributed by atoms with Gasteiger partial charge in [0, 0.05) is 17.2 Å². The fourth-order valence-electron chi connectivity index (χ4n) is 5.24. The number of alkyl carbamates (subject to hydrolysis) is 1. The van der Waals surface area contributed by atoms with E-state index in [0.717, 1.165) is 48.1 Å². The van der Waals surface area contributed by atoms with Gasteiger partial charge >= 0.3 is 12.1 Å². The first-order valence-electron chi connectivity index (χ1n) is 12.4. The second kappa shape index (κ2) is 9.59. The molecule has 0 aliphatic heterocycles. The predicted octanol–water partition coefficient (Wildman–Crippen LogP) is 4.56. The van der Waals surface area contributed by atoms with Crippen LogP contribution in [0.5, 0.6) is 5.75 Å². The average Bonchev–Trinajstić information content (AvgIpc) is 2.78. The number of anilines is 1. The molecule has 0 bridgehead atoms. The Labute approximate surface area is 212 Å². The Morgan fingerprint density at radius 3 is 2.44 bits per heavy atom. The molecule has 2 aliphatic carbocycles. The molecule has 4 rings (SSSR count). The van der Waals surface area contributed by atoms with E-state index < -0.39 is 17.7 Å². The van der Waals surface area contributed by atoms with E-state index in [-0.39, 0.29) is 17.6 Å². The van der Waals surface area contributed by atoms with Crippen LogP contribution in [0.15, 0.2) is 18.5 Å². The third-order valence-corrected chi connectivity index (χ3v) is 6.78. The van der Waals surface area contributed by atoms with Crippen LogP contribution < -0.4 is 15.8 Å². The lowest BCUT2D eigenvalue weighted by atomic mass is 9.70. The number of carbonyl (C=O) groups is 2. The predicted molar refractivity (Wildman–Crippen MR) is 136 cm³/mol. The number of nitrogens with zero attached hydrogens (tertiary/aromatic N) is 2. The maximum atomic E-state index is 13.0. The minimum atomic E-state index is -0.534. The van der Waals surface area contributed by atoms with E-state index in [1.165, 1.54) is 13.4 Å². The Morgan fingerprint density at radius 1 is 1.11 bits per heavy atom. The standard InChI is InChI=1S/C27H36N4O5/c1-26(2,3)36-25(33)31-15-7-9-16(10-8-15)35-19-12-11-17-18(20(19)24(32)34-6)13-27(4,5)21-22(17)29-14-30-23(21)28/h11-12,14-16H,7-10,13H2,1-6H3,(H,31,33)(H2,28,29,30). The molecule has 3 N–H and O–H groups in total. The first-order valence-corrected chi connectivity index (χ1v) is 12.4. The van der Waals surface area contributed by atoms with Gasteiger partial charge in [-0.1, -0.05) is 13.8 Å². The van der Waals surface area contributed by atoms with E-state index in [0.29, 0.717) is 23.6 Å². The monoisotopic (exact) mass is 496 g/mol. The summed E-state index contributed by atoms with van der Waals surface area (Å²) in [6.45, 7) is 9.67. The second-order valence-corrected chi connectivity index (χ2v) is 11.2. The van der Waals surface area contributed by atoms with E-state index in [9.17, 15) is 9.59 Å². The number of nitrogens with one attached hydrogen (secondary N) is 1. The molecule has 2 aromatic rings. The highest BCUT2D eigenvalue weighted by Crippen LogP contribution is 2.47. The summed E-state index contributed by atoms with van der Waals surface area (Å²) in [5.41, 5.74) is 9.05. The molecule has 36 heavy (non-hydrogen) atoms. The summed E-state index contributed by atoms with van der Waals surface area (Å²) >= 11 is 0. The van der Waals surface area contributed by atoms with Crippen LogP contribution in [0.25, 0.3) is 11.3 Å². The Bertz CT molecular complexity index is 1160. The first kappa shape index (κ1) is 25.7. The number of methoxy groups -OCH3 is 1. The minimum Gasteiger partial charge on any atom is -0.490 e. The summed E-state index contributed by atoms with van der Waals surface area (Å²) in [7, 11) is 1.38. The van der Waals surface area contributed by atoms with Crippen molar-refractivity contribution < 1.29 is 23.8 Å². The molecule has 1 saturated carbocycles. The Hall–Kier alpha value is -3.36. The third-order valence-electron chi connectivity index (χ3n) is 6.78. The molecule has 0 atom stereocenters. The summed E-state index contributed by atoms with van der Waals surface area (Å²) < 4.78 is 16.9. The number of ether oxygens (including phenoxy) is 3. The van der Waals surface area contributed by atoms with Gasteiger partial charge in [-0.25, -0.2) is 19.6 Å². The fraction of sp³-hybridized carbons (Fsp3) is 0.556. The normalized spacial score (nSPS) is 20.5. The van der Waals surface area contributed by atoms with E-state index in [2.05, 4.69) is 29.1 Å². The highest BCUT2D eigenvalue weighted by atomic mass is 16.6. The summed E-state index contributed by atoms with van der Waals surface area (Å²) in [5.74, 6) is 0.515. The Morgan fingerprint density at radius 2 is 1.81 bits per heavy atom. The zero-order valence-electron chi connectivity index (χ0n) is 21.9. The molecule has 1 aromatic heterocycles. The van der Waals surface area contributed by atoms with Crippen molar-refractivity contribution in [2.45, 2.75) is 89.9 Å². The molecule has 0 unspecified atom stereocenters. The van der Waals surface area contributed by atoms with E-state index >= 15 is 0 Å². The maximum absolute atomic E-state index is 13.0. The number of aromatic nitrogens is 2. The number of esters is 1. The number of benzene rings is 1. The number of rotatable bonds is 4. The van der Waals surface area contributed by atoms with Crippen LogP contribution in [0.4, 0.5) is 10.6 Å². The summed E-state index contributed by atoms with van der Waals surface area (Å²) in [6.07, 6.45) is 4.56. The number of hydrogen-bond acceptors (Lipinski definition) is 8. The molecule has 1 amide bonds. The van der Waals surface area contributed by atoms with Crippen molar-refractivity contribution in [1.29, 1.82) is 0 Å². The molecule has 0 saturated heterocycles. The van der Waals surface area contributed by atoms with Crippen LogP contribution >= 0.6 is 0 Å². The lowest BCUT2D eigenvalue weighted by molar-refractivity contribution is 0.0465. The van der Waals surface area contributed by atoms with Gasteiger partial charge in [0.05, 0.1) is 18.9 Å². The molecule has 0 radical (unpaired) electrons. The Balaban J connectivity index is 1.56. The zero-order chi connectivity index (χ0) is 26.3. The van der Waals surface area contributed by atoms with Crippen molar-refractivity contribution in [3.63, 3.8) is 0 Å². The van der Waals surface area contributed by atoms with Gasteiger partial charge in [-0.05, 0) is 76.0 Å². The van der Waals surface area contributed by atoms with Crippen molar-refractivity contribution in [2.75, 3.05) is 12.8 Å². The summed E-state index contributed by atoms with van der Waals surface area (Å²) in [4.78, 5) is 33.8. The highest BCUT2D eigenvalue weighted by Gasteiger charge is 2.38. The number of hydrogen-bond donors (Lipinski definition) is 2. The number of amides is 1. The largest absolute Gasteiger partial charge is 0.490 e. The van der Waals surface area contributed by atoms with E-state index in [1.54, 1.807) is 0 Å². The van der Waals surface area contributed by atoms with Crippen molar-refractivity contribution in [1.82, 2.24) is 15.3 Å². The Kier molecular flexibility index (Phi) is 6.86. The van der Waals surface area contributed by atoms with Crippen molar-refractivity contribution in [3.05, 3.63) is 35.2 Å². The number of carbonyl (C=O) groups excluding carboxylic acids is 2. The second-order valence-electron chi connectivity index (χ2n) is 11.2. The molecule has 1 fully saturated rings. The van der Waals surface area contributed by atoms with Gasteiger partial charge in [-0.15, -0.1) is 0 Å². The molecule has 9 nitrogen and oxygen atoms in total. The lowest BCUT2D eigenvalue weighted by Gasteiger charge is -2.35. The number of nitrogens with two attached hydrogens (primary N) is 1. The highest BCUT2D eigenvalue weighted by molar-refractivity contribution is 5.97. The van der Waals surface area contributed by atoms with Crippen molar-refractivity contribution in [2.24, 2.45) is 0 Å². The van der Waals surface area contributed by atoms with Crippen LogP contribution in [-0.2, 0) is 21.3 Å². The van der Waals surface area contributed by atoms with Gasteiger partial charge in [-0.3, -0.25) is 0 Å². The fourth-order valence-corrected chi connectivity index (χ4v) is 5.24. The maximum Gasteiger partial charge on any atom is 0.407 e. The van der Waals surface area contributed by atoms with Gasteiger partial charge < -0.3 is 25.3 Å². The van der Waals surface area contributed by atoms with Gasteiger partial charge in [0.2, 0.25) is 0 Å². The van der Waals surface area contributed by atoms with Gasteiger partial charge in [0.15, 0.2) is 0 Å². The topological polar surface area (TPSA) is 126 Å². The van der Waals surface area contributed by atoms with Crippen LogP contribution in [0.3, 0.4) is 0 Å². The van der Waals surface area contributed by atoms with Crippen LogP contribution in [0.1, 0.15) is 81.8 Å². The van der Waals surface area contributed by atoms with Gasteiger partial charge in [0.1, 0.15) is 29.1 Å². The van der Waals surface area contributed by atoms with Gasteiger partial charge in [-0.2, -0.15) is 0 Å². The van der Waals surface area contributed by atoms with E-state index in [4.69, 9.17) is 19.9 Å². The third kappa shape index (κ3) is 5.24. The van der Waals surface area contributed by atoms with Gasteiger partial charge in [0.25, 0.3) is 0 Å². The van der Waals surface area contributed by atoms with E-state index in [1.807, 2.05) is 32.9 Å². The van der Waals surface area contributed by atoms with Crippen molar-refractivity contribution in [3.8, 4) is 17.0 Å². The minimum absolute atomic E-state index is 0.0331. The average molecular weight is 497 g/mol. The molecular weight excluding hydrogens is 460 g/mol. The molecule has 2 aliphatic rings. The first-order chi connectivity index (χ1) is 16.9. The summed E-state index contributed by atoms with van der Waals surface area (Å²) in [5, 5.41) is 2.95. The summed E-state index contributed by atoms with van der Waals surface area (Å²) in [6, 6.07) is 3.79. The quantitative estimate of drug-likeness (QED) is 0.590. The lowest BCUT2D eigenvalue weighted by Crippen LogP contribution is -2.42. The smallest absolute Gasteiger partial charge is 0.407 e. The van der Waals surface area contributed by atoms with Crippen LogP contribution in [0, 0.1) is 0 Å². The number of nitrogen functional groups attached to an aromatic ring is 1. The van der Waals surface area contributed by atoms with Crippen LogP contribution in [0.2, 0.25) is 0 Å². The molecule has 1 heterocycles. The molecule has 9 heteroatoms. The molecule has 194 valence electrons. The van der Waals surface area contributed by atoms with Crippen LogP contribution in [-0.4, -0.2) is 46.9 Å². The molecular formula is C27H36N4O5. The SMILES string of the molecule is COC(=O)c1c(OC2CCC(NC(=O)OC(C)(C)C)CC2)ccc2c1CC(C)(C)c1c(N)ncnc1-2. The zero-order valence-corrected chi connectivity index (χ0v) is 21.9. The molecule has 0 spiro atoms. The van der Waals surface area contributed by atoms with Crippen molar-refractivity contribution >= 4 is 17.9 Å².